The number of hydrogen-bond acceptors (Lipinski definition) is 4. The van der Waals surface area contributed by atoms with Crippen LogP contribution >= 0.6 is 0 Å². The largest absolute Gasteiger partial charge is 0.379 e. The van der Waals surface area contributed by atoms with Crippen LogP contribution in [0.15, 0.2) is 0 Å². The topological polar surface area (TPSA) is 73.6 Å². The van der Waals surface area contributed by atoms with Crippen LogP contribution in [0.1, 0.15) is 19.8 Å². The molecule has 0 spiro atoms. The van der Waals surface area contributed by atoms with Crippen molar-refractivity contribution in [3.05, 3.63) is 0 Å². The molecule has 5 heteroatoms. The van der Waals surface area contributed by atoms with Crippen LogP contribution in [0.2, 0.25) is 0 Å². The van der Waals surface area contributed by atoms with Crippen molar-refractivity contribution >= 4 is 5.91 Å². The molecule has 0 aromatic rings. The molecule has 1 rings (SSSR count). The fraction of sp³-hybridized carbons (Fsp3) is 0.909. The highest BCUT2D eigenvalue weighted by Crippen LogP contribution is 2.39. The smallest absolute Gasteiger partial charge is 0.240 e. The Hall–Kier alpha value is -0.650. The van der Waals surface area contributed by atoms with Crippen LogP contribution in [0.3, 0.4) is 0 Å². The Morgan fingerprint density at radius 1 is 1.44 bits per heavy atom. The number of carbonyl (C=O) groups excluding carboxylic acids is 1. The maximum absolute atomic E-state index is 11.5. The summed E-state index contributed by atoms with van der Waals surface area (Å²) in [5, 5.41) is 3.03. The maximum atomic E-state index is 11.5. The Balaban J connectivity index is 2.35. The zero-order valence-electron chi connectivity index (χ0n) is 10.1. The molecule has 1 aliphatic rings. The van der Waals surface area contributed by atoms with Crippen LogP contribution in [-0.4, -0.2) is 44.9 Å². The predicted octanol–water partition coefficient (Wildman–Crippen LogP) is -0.107. The maximum Gasteiger partial charge on any atom is 0.240 e. The van der Waals surface area contributed by atoms with E-state index in [0.717, 1.165) is 12.8 Å². The summed E-state index contributed by atoms with van der Waals surface area (Å²) in [5.74, 6) is -0.00370. The van der Waals surface area contributed by atoms with Crippen molar-refractivity contribution in [1.29, 1.82) is 0 Å². The Bertz CT molecular complexity index is 231. The number of likely N-dealkylation sites (N-methyl/N-ethyl adjacent to an activating group) is 1. The zero-order chi connectivity index (χ0) is 12.0. The molecule has 0 bridgehead atoms. The average molecular weight is 230 g/mol. The minimum Gasteiger partial charge on any atom is -0.379 e. The molecule has 1 unspecified atom stereocenters. The third kappa shape index (κ3) is 3.17. The first-order valence-electron chi connectivity index (χ1n) is 5.81. The fourth-order valence-electron chi connectivity index (χ4n) is 1.86. The van der Waals surface area contributed by atoms with Gasteiger partial charge in [0.1, 0.15) is 5.54 Å². The molecule has 1 amide bonds. The Morgan fingerprint density at radius 2 is 2.06 bits per heavy atom. The third-order valence-electron chi connectivity index (χ3n) is 3.07. The minimum atomic E-state index is -0.688. The molecule has 1 saturated carbocycles. The van der Waals surface area contributed by atoms with Crippen LogP contribution in [0.5, 0.6) is 0 Å². The van der Waals surface area contributed by atoms with E-state index >= 15 is 0 Å². The van der Waals surface area contributed by atoms with E-state index in [9.17, 15) is 4.79 Å². The van der Waals surface area contributed by atoms with Gasteiger partial charge in [0.2, 0.25) is 5.91 Å². The van der Waals surface area contributed by atoms with Gasteiger partial charge in [-0.2, -0.15) is 0 Å². The summed E-state index contributed by atoms with van der Waals surface area (Å²) in [5.41, 5.74) is 4.76. The van der Waals surface area contributed by atoms with Gasteiger partial charge < -0.3 is 20.5 Å². The molecule has 0 aromatic heterocycles. The Labute approximate surface area is 96.7 Å². The predicted molar refractivity (Wildman–Crippen MR) is 61.0 cm³/mol. The lowest BCUT2D eigenvalue weighted by Gasteiger charge is -2.30. The molecule has 1 aliphatic carbocycles. The van der Waals surface area contributed by atoms with Gasteiger partial charge in [0.15, 0.2) is 0 Å². The van der Waals surface area contributed by atoms with Gasteiger partial charge in [0.25, 0.3) is 0 Å². The number of carbonyl (C=O) groups is 1. The molecule has 1 fully saturated rings. The number of primary amides is 1. The SMILES string of the molecule is CCOCCOCC(NC)(C(N)=O)C1CC1. The first-order chi connectivity index (χ1) is 7.67. The summed E-state index contributed by atoms with van der Waals surface area (Å²) in [6.45, 7) is 4.00. The lowest BCUT2D eigenvalue weighted by Crippen LogP contribution is -2.59. The summed E-state index contributed by atoms with van der Waals surface area (Å²) in [7, 11) is 1.76. The molecule has 0 aliphatic heterocycles. The molecule has 0 radical (unpaired) electrons. The van der Waals surface area contributed by atoms with E-state index in [2.05, 4.69) is 5.32 Å². The van der Waals surface area contributed by atoms with Crippen LogP contribution in [0, 0.1) is 5.92 Å². The van der Waals surface area contributed by atoms with Gasteiger partial charge in [-0.15, -0.1) is 0 Å². The summed E-state index contributed by atoms with van der Waals surface area (Å²) >= 11 is 0. The quantitative estimate of drug-likeness (QED) is 0.542. The van der Waals surface area contributed by atoms with E-state index in [1.54, 1.807) is 7.05 Å². The van der Waals surface area contributed by atoms with Crippen molar-refractivity contribution < 1.29 is 14.3 Å². The second-order valence-electron chi connectivity index (χ2n) is 4.11. The molecule has 3 N–H and O–H groups in total. The summed E-state index contributed by atoms with van der Waals surface area (Å²) in [6.07, 6.45) is 2.08. The van der Waals surface area contributed by atoms with Crippen molar-refractivity contribution in [1.82, 2.24) is 5.32 Å². The molecule has 0 heterocycles. The zero-order valence-corrected chi connectivity index (χ0v) is 10.1. The monoisotopic (exact) mass is 230 g/mol. The van der Waals surface area contributed by atoms with Crippen molar-refractivity contribution in [2.75, 3.05) is 33.5 Å². The number of nitrogens with two attached hydrogens (primary N) is 1. The molecule has 16 heavy (non-hydrogen) atoms. The highest BCUT2D eigenvalue weighted by molar-refractivity contribution is 5.85. The van der Waals surface area contributed by atoms with Gasteiger partial charge >= 0.3 is 0 Å². The van der Waals surface area contributed by atoms with E-state index in [4.69, 9.17) is 15.2 Å². The van der Waals surface area contributed by atoms with E-state index < -0.39 is 5.54 Å². The lowest BCUT2D eigenvalue weighted by atomic mass is 9.93. The second-order valence-corrected chi connectivity index (χ2v) is 4.11. The van der Waals surface area contributed by atoms with E-state index in [1.807, 2.05) is 6.92 Å². The van der Waals surface area contributed by atoms with Crippen LogP contribution < -0.4 is 11.1 Å². The van der Waals surface area contributed by atoms with Gasteiger partial charge in [0.05, 0.1) is 19.8 Å². The first kappa shape index (κ1) is 13.4. The molecule has 0 saturated heterocycles. The number of amides is 1. The minimum absolute atomic E-state index is 0.321. The Morgan fingerprint density at radius 3 is 2.50 bits per heavy atom. The number of rotatable bonds is 9. The van der Waals surface area contributed by atoms with Gasteiger partial charge in [-0.3, -0.25) is 4.79 Å². The normalized spacial score (nSPS) is 19.4. The van der Waals surface area contributed by atoms with Gasteiger partial charge in [-0.25, -0.2) is 0 Å². The molecule has 94 valence electrons. The van der Waals surface area contributed by atoms with Gasteiger partial charge in [-0.05, 0) is 32.7 Å². The summed E-state index contributed by atoms with van der Waals surface area (Å²) in [4.78, 5) is 11.5. The molecule has 5 nitrogen and oxygen atoms in total. The van der Waals surface area contributed by atoms with Crippen LogP contribution in [0.25, 0.3) is 0 Å². The highest BCUT2D eigenvalue weighted by Gasteiger charge is 2.49. The highest BCUT2D eigenvalue weighted by atomic mass is 16.5. The van der Waals surface area contributed by atoms with Crippen LogP contribution in [-0.2, 0) is 14.3 Å². The average Bonchev–Trinajstić information content (AvgIpc) is 3.07. The summed E-state index contributed by atoms with van der Waals surface area (Å²) in [6, 6.07) is 0. The van der Waals surface area contributed by atoms with Crippen LogP contribution in [0.4, 0.5) is 0 Å². The molecule has 0 aromatic carbocycles. The lowest BCUT2D eigenvalue weighted by molar-refractivity contribution is -0.128. The molecule has 1 atom stereocenters. The third-order valence-corrected chi connectivity index (χ3v) is 3.07. The molecular formula is C11H22N2O3. The number of hydrogen-bond donors (Lipinski definition) is 2. The van der Waals surface area contributed by atoms with E-state index in [1.165, 1.54) is 0 Å². The van der Waals surface area contributed by atoms with Gasteiger partial charge in [-0.1, -0.05) is 0 Å². The molecular weight excluding hydrogens is 208 g/mol. The van der Waals surface area contributed by atoms with E-state index in [0.29, 0.717) is 32.3 Å². The van der Waals surface area contributed by atoms with Crippen molar-refractivity contribution in [2.45, 2.75) is 25.3 Å². The van der Waals surface area contributed by atoms with Crippen molar-refractivity contribution in [2.24, 2.45) is 11.7 Å². The van der Waals surface area contributed by atoms with Crippen molar-refractivity contribution in [3.8, 4) is 0 Å². The summed E-state index contributed by atoms with van der Waals surface area (Å²) < 4.78 is 10.6. The number of ether oxygens (including phenoxy) is 2. The van der Waals surface area contributed by atoms with Gasteiger partial charge in [0, 0.05) is 6.61 Å². The fourth-order valence-corrected chi connectivity index (χ4v) is 1.86. The first-order valence-corrected chi connectivity index (χ1v) is 5.81. The number of nitrogens with one attached hydrogen (secondary N) is 1. The standard InChI is InChI=1S/C11H22N2O3/c1-3-15-6-7-16-8-11(13-2,10(12)14)9-4-5-9/h9,13H,3-8H2,1-2H3,(H2,12,14). The second kappa shape index (κ2) is 6.18. The van der Waals surface area contributed by atoms with Crippen molar-refractivity contribution in [3.63, 3.8) is 0 Å². The van der Waals surface area contributed by atoms with E-state index in [-0.39, 0.29) is 5.91 Å². The Kier molecular flexibility index (Phi) is 5.18.